The molecule has 4 nitrogen and oxygen atoms in total. The van der Waals surface area contributed by atoms with Gasteiger partial charge in [0.1, 0.15) is 17.0 Å². The fourth-order valence-corrected chi connectivity index (χ4v) is 7.89. The lowest BCUT2D eigenvalue weighted by Crippen LogP contribution is -2.15. The molecule has 2 atom stereocenters. The molecule has 2 unspecified atom stereocenters. The van der Waals surface area contributed by atoms with Crippen LogP contribution in [0.1, 0.15) is 35.5 Å². The summed E-state index contributed by atoms with van der Waals surface area (Å²) in [6.07, 6.45) is 13.1. The molecule has 44 heavy (non-hydrogen) atoms. The van der Waals surface area contributed by atoms with Crippen LogP contribution in [0.3, 0.4) is 0 Å². The highest BCUT2D eigenvalue weighted by Gasteiger charge is 2.30. The number of allylic oxidation sites excluding steroid dienone is 2. The van der Waals surface area contributed by atoms with Crippen LogP contribution in [0.5, 0.6) is 0 Å². The van der Waals surface area contributed by atoms with Crippen LogP contribution in [0.25, 0.3) is 72.4 Å². The number of hydrogen-bond acceptors (Lipinski definition) is 2. The van der Waals surface area contributed by atoms with E-state index < -0.39 is 0 Å². The zero-order chi connectivity index (χ0) is 28.9. The number of aromatic nitrogens is 3. The number of furan rings is 1. The third-order valence-corrected chi connectivity index (χ3v) is 9.84. The summed E-state index contributed by atoms with van der Waals surface area (Å²) >= 11 is 0. The SMILES string of the molecule is CC1C=Cc2c(c3ccc4c(c5cccnc5n4-c4ccc5ccccc5c4)c3n2C2C=Cc3oc4ccccc4c3C2)C1. The first-order valence-corrected chi connectivity index (χ1v) is 15.5. The fraction of sp³-hybridized carbons (Fsp3) is 0.125. The largest absolute Gasteiger partial charge is 0.456 e. The summed E-state index contributed by atoms with van der Waals surface area (Å²) in [5.74, 6) is 1.49. The van der Waals surface area contributed by atoms with Crippen LogP contribution < -0.4 is 0 Å². The Morgan fingerprint density at radius 3 is 2.57 bits per heavy atom. The van der Waals surface area contributed by atoms with Crippen molar-refractivity contribution in [1.82, 2.24) is 14.1 Å². The highest BCUT2D eigenvalue weighted by molar-refractivity contribution is 6.21. The molecule has 0 amide bonds. The molecule has 0 bridgehead atoms. The van der Waals surface area contributed by atoms with Crippen molar-refractivity contribution in [2.75, 3.05) is 0 Å². The van der Waals surface area contributed by atoms with Gasteiger partial charge < -0.3 is 8.98 Å². The zero-order valence-electron chi connectivity index (χ0n) is 24.4. The lowest BCUT2D eigenvalue weighted by molar-refractivity contribution is 0.564. The normalized spacial score (nSPS) is 17.8. The number of rotatable bonds is 2. The lowest BCUT2D eigenvalue weighted by Gasteiger charge is -2.23. The topological polar surface area (TPSA) is 35.9 Å². The number of fused-ring (bicyclic) bond motifs is 11. The summed E-state index contributed by atoms with van der Waals surface area (Å²) in [4.78, 5) is 4.99. The van der Waals surface area contributed by atoms with Crippen molar-refractivity contribution in [3.63, 3.8) is 0 Å². The van der Waals surface area contributed by atoms with E-state index >= 15 is 0 Å². The van der Waals surface area contributed by atoms with E-state index in [9.17, 15) is 0 Å². The molecule has 210 valence electrons. The van der Waals surface area contributed by atoms with Crippen molar-refractivity contribution in [2.24, 2.45) is 5.92 Å². The molecular formula is C40H29N3O. The second-order valence-corrected chi connectivity index (χ2v) is 12.4. The summed E-state index contributed by atoms with van der Waals surface area (Å²) < 4.78 is 11.2. The molecule has 2 aliphatic carbocycles. The van der Waals surface area contributed by atoms with Gasteiger partial charge in [-0.2, -0.15) is 0 Å². The minimum atomic E-state index is 0.161. The summed E-state index contributed by atoms with van der Waals surface area (Å²) in [5.41, 5.74) is 9.63. The van der Waals surface area contributed by atoms with E-state index in [0.29, 0.717) is 5.92 Å². The summed E-state index contributed by atoms with van der Waals surface area (Å²) in [5, 5.41) is 7.49. The molecule has 0 saturated heterocycles. The Morgan fingerprint density at radius 2 is 1.61 bits per heavy atom. The van der Waals surface area contributed by atoms with Gasteiger partial charge in [0.25, 0.3) is 0 Å². The maximum Gasteiger partial charge on any atom is 0.145 e. The number of hydrogen-bond donors (Lipinski definition) is 0. The minimum Gasteiger partial charge on any atom is -0.456 e. The van der Waals surface area contributed by atoms with Crippen molar-refractivity contribution in [2.45, 2.75) is 25.8 Å². The third kappa shape index (κ3) is 3.25. The average Bonchev–Trinajstić information content (AvgIpc) is 3.71. The standard InChI is InChI=1S/C40H29N3O/c1-24-12-17-34-32(21-24)30-16-18-35-38(39(30)42(34)28-15-19-37-33(23-28)29-9-4-5-11-36(29)44-37)31-10-6-20-41-40(31)43(35)27-14-13-25-7-2-3-8-26(25)22-27/h2-20,22,24,28H,21,23H2,1H3. The first kappa shape index (κ1) is 24.1. The van der Waals surface area contributed by atoms with Crippen LogP contribution in [0.4, 0.5) is 0 Å². The van der Waals surface area contributed by atoms with Gasteiger partial charge in [-0.3, -0.25) is 4.57 Å². The van der Waals surface area contributed by atoms with Crippen LogP contribution in [-0.2, 0) is 12.8 Å². The first-order valence-electron chi connectivity index (χ1n) is 15.5. The zero-order valence-corrected chi connectivity index (χ0v) is 24.4. The maximum absolute atomic E-state index is 6.26. The Kier molecular flexibility index (Phi) is 4.85. The minimum absolute atomic E-state index is 0.161. The van der Waals surface area contributed by atoms with Gasteiger partial charge in [-0.25, -0.2) is 4.98 Å². The molecule has 8 aromatic rings. The second-order valence-electron chi connectivity index (χ2n) is 12.4. The number of benzene rings is 4. The van der Waals surface area contributed by atoms with Crippen molar-refractivity contribution in [3.8, 4) is 5.69 Å². The van der Waals surface area contributed by atoms with E-state index in [1.165, 1.54) is 60.2 Å². The summed E-state index contributed by atoms with van der Waals surface area (Å²) in [6.45, 7) is 2.32. The smallest absolute Gasteiger partial charge is 0.145 e. The van der Waals surface area contributed by atoms with Gasteiger partial charge >= 0.3 is 0 Å². The molecule has 0 N–H and O–H groups in total. The molecule has 2 aliphatic rings. The van der Waals surface area contributed by atoms with Crippen LogP contribution >= 0.6 is 0 Å². The summed E-state index contributed by atoms with van der Waals surface area (Å²) in [7, 11) is 0. The van der Waals surface area contributed by atoms with E-state index in [2.05, 4.69) is 131 Å². The van der Waals surface area contributed by atoms with E-state index in [-0.39, 0.29) is 6.04 Å². The van der Waals surface area contributed by atoms with Crippen LogP contribution in [-0.4, -0.2) is 14.1 Å². The van der Waals surface area contributed by atoms with Crippen LogP contribution in [0.15, 0.2) is 114 Å². The van der Waals surface area contributed by atoms with Crippen molar-refractivity contribution < 1.29 is 4.42 Å². The lowest BCUT2D eigenvalue weighted by atomic mass is 9.92. The molecule has 0 spiro atoms. The second kappa shape index (κ2) is 8.84. The molecule has 0 saturated carbocycles. The van der Waals surface area contributed by atoms with Crippen LogP contribution in [0.2, 0.25) is 0 Å². The number of nitrogens with zero attached hydrogens (tertiary/aromatic N) is 3. The van der Waals surface area contributed by atoms with Crippen LogP contribution in [0, 0.1) is 5.92 Å². The number of pyridine rings is 1. The van der Waals surface area contributed by atoms with Crippen molar-refractivity contribution in [3.05, 3.63) is 132 Å². The predicted octanol–water partition coefficient (Wildman–Crippen LogP) is 10.0. The molecule has 0 aliphatic heterocycles. The van der Waals surface area contributed by atoms with Gasteiger partial charge in [0, 0.05) is 51.1 Å². The Hall–Kier alpha value is -5.35. The van der Waals surface area contributed by atoms with Gasteiger partial charge in [0.05, 0.1) is 17.1 Å². The average molecular weight is 568 g/mol. The van der Waals surface area contributed by atoms with Gasteiger partial charge in [-0.15, -0.1) is 0 Å². The molecule has 4 heterocycles. The van der Waals surface area contributed by atoms with Crippen molar-refractivity contribution >= 4 is 66.7 Å². The van der Waals surface area contributed by atoms with Gasteiger partial charge in [-0.05, 0) is 77.2 Å². The monoisotopic (exact) mass is 567 g/mol. The van der Waals surface area contributed by atoms with Gasteiger partial charge in [0.2, 0.25) is 0 Å². The Morgan fingerprint density at radius 1 is 0.750 bits per heavy atom. The predicted molar refractivity (Wildman–Crippen MR) is 181 cm³/mol. The molecule has 0 radical (unpaired) electrons. The van der Waals surface area contributed by atoms with Gasteiger partial charge in [-0.1, -0.05) is 73.7 Å². The molecular weight excluding hydrogens is 538 g/mol. The highest BCUT2D eigenvalue weighted by atomic mass is 16.3. The third-order valence-electron chi connectivity index (χ3n) is 9.84. The van der Waals surface area contributed by atoms with E-state index in [1.807, 2.05) is 6.20 Å². The highest BCUT2D eigenvalue weighted by Crippen LogP contribution is 2.45. The Balaban J connectivity index is 1.29. The van der Waals surface area contributed by atoms with E-state index in [4.69, 9.17) is 9.40 Å². The van der Waals surface area contributed by atoms with E-state index in [0.717, 1.165) is 35.5 Å². The van der Waals surface area contributed by atoms with Crippen molar-refractivity contribution in [1.29, 1.82) is 0 Å². The summed E-state index contributed by atoms with van der Waals surface area (Å²) in [6, 6.07) is 32.9. The molecule has 10 rings (SSSR count). The first-order chi connectivity index (χ1) is 21.7. The Labute approximate surface area is 254 Å². The molecule has 0 fully saturated rings. The van der Waals surface area contributed by atoms with Gasteiger partial charge in [0.15, 0.2) is 0 Å². The number of para-hydroxylation sites is 1. The quantitative estimate of drug-likeness (QED) is 0.208. The molecule has 4 aromatic carbocycles. The van der Waals surface area contributed by atoms with E-state index in [1.54, 1.807) is 0 Å². The Bertz CT molecular complexity index is 2540. The fourth-order valence-electron chi connectivity index (χ4n) is 7.89. The maximum atomic E-state index is 6.26. The molecule has 4 aromatic heterocycles. The molecule has 4 heteroatoms.